The number of rotatable bonds is 5. The molecule has 0 saturated carbocycles. The number of hydrogen-bond acceptors (Lipinski definition) is 5. The van der Waals surface area contributed by atoms with Gasteiger partial charge in [-0.15, -0.1) is 0 Å². The molecule has 0 radical (unpaired) electrons. The number of nitrogens with one attached hydrogen (secondary N) is 1. The van der Waals surface area contributed by atoms with Gasteiger partial charge in [0.1, 0.15) is 17.2 Å². The maximum atomic E-state index is 5.57. The number of nitrogens with two attached hydrogens (primary N) is 1. The van der Waals surface area contributed by atoms with Crippen LogP contribution in [0.3, 0.4) is 0 Å². The minimum Gasteiger partial charge on any atom is -0.496 e. The maximum Gasteiger partial charge on any atom is 0.135 e. The molecule has 1 aromatic carbocycles. The van der Waals surface area contributed by atoms with E-state index in [9.17, 15) is 0 Å². The fourth-order valence-corrected chi connectivity index (χ4v) is 1.85. The fourth-order valence-electron chi connectivity index (χ4n) is 1.85. The summed E-state index contributed by atoms with van der Waals surface area (Å²) in [6.07, 6.45) is 0. The third-order valence-corrected chi connectivity index (χ3v) is 2.82. The minimum atomic E-state index is 0.397. The van der Waals surface area contributed by atoms with Crippen LogP contribution in [0.5, 0.6) is 17.2 Å². The van der Waals surface area contributed by atoms with E-state index in [0.29, 0.717) is 23.8 Å². The lowest BCUT2D eigenvalue weighted by Crippen LogP contribution is -1.95. The molecular weight excluding hydrogens is 246 g/mol. The summed E-state index contributed by atoms with van der Waals surface area (Å²) in [6, 6.07) is 5.44. The topological polar surface area (TPSA) is 82.4 Å². The first-order valence-corrected chi connectivity index (χ1v) is 5.78. The van der Waals surface area contributed by atoms with Gasteiger partial charge in [0.15, 0.2) is 0 Å². The Morgan fingerprint density at radius 3 is 2.11 bits per heavy atom. The van der Waals surface area contributed by atoms with Crippen LogP contribution >= 0.6 is 0 Å². The molecule has 0 bridgehead atoms. The lowest BCUT2D eigenvalue weighted by atomic mass is 10.1. The van der Waals surface area contributed by atoms with E-state index in [4.69, 9.17) is 19.9 Å². The molecule has 0 amide bonds. The number of aromatic amines is 1. The molecule has 19 heavy (non-hydrogen) atoms. The largest absolute Gasteiger partial charge is 0.496 e. The molecule has 6 heteroatoms. The molecule has 1 aromatic heterocycles. The highest BCUT2D eigenvalue weighted by Gasteiger charge is 2.17. The third-order valence-electron chi connectivity index (χ3n) is 2.82. The molecule has 0 aliphatic carbocycles. The Hall–Kier alpha value is -2.21. The van der Waals surface area contributed by atoms with Crippen LogP contribution in [0.1, 0.15) is 5.69 Å². The molecule has 0 fully saturated rings. The Morgan fingerprint density at radius 2 is 1.68 bits per heavy atom. The molecule has 102 valence electrons. The van der Waals surface area contributed by atoms with Gasteiger partial charge in [0.05, 0.1) is 32.6 Å². The average Bonchev–Trinajstić information content (AvgIpc) is 2.94. The van der Waals surface area contributed by atoms with Crippen molar-refractivity contribution in [2.24, 2.45) is 5.73 Å². The molecular formula is C13H17N3O3. The Morgan fingerprint density at radius 1 is 1.05 bits per heavy atom. The molecule has 0 aliphatic heterocycles. The molecule has 2 aromatic rings. The molecule has 0 unspecified atom stereocenters. The molecule has 2 rings (SSSR count). The van der Waals surface area contributed by atoms with Crippen molar-refractivity contribution >= 4 is 0 Å². The van der Waals surface area contributed by atoms with Crippen molar-refractivity contribution in [1.29, 1.82) is 0 Å². The molecule has 0 saturated heterocycles. The Kier molecular flexibility index (Phi) is 3.91. The van der Waals surface area contributed by atoms with Crippen LogP contribution in [0.4, 0.5) is 0 Å². The van der Waals surface area contributed by atoms with Crippen molar-refractivity contribution in [3.63, 3.8) is 0 Å². The lowest BCUT2D eigenvalue weighted by Gasteiger charge is -2.13. The van der Waals surface area contributed by atoms with E-state index in [2.05, 4.69) is 10.2 Å². The van der Waals surface area contributed by atoms with Gasteiger partial charge in [0.2, 0.25) is 0 Å². The number of H-pyrrole nitrogens is 1. The van der Waals surface area contributed by atoms with Gasteiger partial charge in [-0.1, -0.05) is 0 Å². The first-order valence-electron chi connectivity index (χ1n) is 5.78. The van der Waals surface area contributed by atoms with Gasteiger partial charge in [-0.2, -0.15) is 5.10 Å². The predicted octanol–water partition coefficient (Wildman–Crippen LogP) is 1.56. The standard InChI is InChI=1S/C13H17N3O3/c1-17-9-5-11(18-2)13(12(6-9)19-3)10-4-8(7-14)15-16-10/h4-6H,7,14H2,1-3H3,(H,15,16). The van der Waals surface area contributed by atoms with Gasteiger partial charge < -0.3 is 19.9 Å². The van der Waals surface area contributed by atoms with Gasteiger partial charge in [0, 0.05) is 24.4 Å². The van der Waals surface area contributed by atoms with E-state index in [1.54, 1.807) is 33.5 Å². The number of hydrogen-bond donors (Lipinski definition) is 2. The summed E-state index contributed by atoms with van der Waals surface area (Å²) in [6.45, 7) is 0.397. The lowest BCUT2D eigenvalue weighted by molar-refractivity contribution is 0.377. The van der Waals surface area contributed by atoms with Crippen LogP contribution in [0, 0.1) is 0 Å². The van der Waals surface area contributed by atoms with Crippen LogP contribution in [0.25, 0.3) is 11.3 Å². The van der Waals surface area contributed by atoms with E-state index < -0.39 is 0 Å². The van der Waals surface area contributed by atoms with Gasteiger partial charge in [-0.25, -0.2) is 0 Å². The van der Waals surface area contributed by atoms with Gasteiger partial charge in [0.25, 0.3) is 0 Å². The van der Waals surface area contributed by atoms with Crippen molar-refractivity contribution in [3.05, 3.63) is 23.9 Å². The van der Waals surface area contributed by atoms with Gasteiger partial charge in [-0.3, -0.25) is 5.10 Å². The highest BCUT2D eigenvalue weighted by molar-refractivity contribution is 5.76. The summed E-state index contributed by atoms with van der Waals surface area (Å²) >= 11 is 0. The first kappa shape index (κ1) is 13.2. The zero-order valence-corrected chi connectivity index (χ0v) is 11.2. The number of nitrogens with zero attached hydrogens (tertiary/aromatic N) is 1. The minimum absolute atomic E-state index is 0.397. The highest BCUT2D eigenvalue weighted by Crippen LogP contribution is 2.40. The molecule has 3 N–H and O–H groups in total. The van der Waals surface area contributed by atoms with Gasteiger partial charge >= 0.3 is 0 Å². The zero-order chi connectivity index (χ0) is 13.8. The summed E-state index contributed by atoms with van der Waals surface area (Å²) in [5.74, 6) is 1.92. The molecule has 0 spiro atoms. The monoisotopic (exact) mass is 263 g/mol. The quantitative estimate of drug-likeness (QED) is 0.855. The highest BCUT2D eigenvalue weighted by atomic mass is 16.5. The van der Waals surface area contributed by atoms with Crippen LogP contribution < -0.4 is 19.9 Å². The Bertz CT molecular complexity index is 541. The van der Waals surface area contributed by atoms with E-state index in [1.165, 1.54) is 0 Å². The van der Waals surface area contributed by atoms with Crippen molar-refractivity contribution in [2.75, 3.05) is 21.3 Å². The smallest absolute Gasteiger partial charge is 0.135 e. The summed E-state index contributed by atoms with van der Waals surface area (Å²) in [5, 5.41) is 7.09. The summed E-state index contributed by atoms with van der Waals surface area (Å²) < 4.78 is 16.0. The normalized spacial score (nSPS) is 10.3. The fraction of sp³-hybridized carbons (Fsp3) is 0.308. The second-order valence-corrected chi connectivity index (χ2v) is 3.89. The second kappa shape index (κ2) is 5.62. The van der Waals surface area contributed by atoms with Gasteiger partial charge in [-0.05, 0) is 6.07 Å². The number of benzene rings is 1. The number of ether oxygens (including phenoxy) is 3. The first-order chi connectivity index (χ1) is 9.23. The number of methoxy groups -OCH3 is 3. The maximum absolute atomic E-state index is 5.57. The van der Waals surface area contributed by atoms with Crippen molar-refractivity contribution in [2.45, 2.75) is 6.54 Å². The summed E-state index contributed by atoms with van der Waals surface area (Å²) in [5.41, 5.74) is 7.90. The summed E-state index contributed by atoms with van der Waals surface area (Å²) in [7, 11) is 4.78. The second-order valence-electron chi connectivity index (χ2n) is 3.89. The van der Waals surface area contributed by atoms with E-state index in [1.807, 2.05) is 6.07 Å². The van der Waals surface area contributed by atoms with E-state index in [0.717, 1.165) is 17.0 Å². The van der Waals surface area contributed by atoms with E-state index in [-0.39, 0.29) is 0 Å². The van der Waals surface area contributed by atoms with Crippen LogP contribution in [-0.4, -0.2) is 31.5 Å². The van der Waals surface area contributed by atoms with Crippen LogP contribution in [-0.2, 0) is 6.54 Å². The molecule has 1 heterocycles. The SMILES string of the molecule is COc1cc(OC)c(-c2cc(CN)[nH]n2)c(OC)c1. The van der Waals surface area contributed by atoms with Crippen LogP contribution in [0.15, 0.2) is 18.2 Å². The Balaban J connectivity index is 2.59. The van der Waals surface area contributed by atoms with E-state index >= 15 is 0 Å². The van der Waals surface area contributed by atoms with Crippen LogP contribution in [0.2, 0.25) is 0 Å². The van der Waals surface area contributed by atoms with Crippen molar-refractivity contribution in [1.82, 2.24) is 10.2 Å². The number of aromatic nitrogens is 2. The zero-order valence-electron chi connectivity index (χ0n) is 11.2. The van der Waals surface area contributed by atoms with Crippen molar-refractivity contribution < 1.29 is 14.2 Å². The predicted molar refractivity (Wildman–Crippen MR) is 71.6 cm³/mol. The summed E-state index contributed by atoms with van der Waals surface area (Å²) in [4.78, 5) is 0. The Labute approximate surface area is 111 Å². The van der Waals surface area contributed by atoms with Crippen molar-refractivity contribution in [3.8, 4) is 28.5 Å². The third kappa shape index (κ3) is 2.48. The molecule has 6 nitrogen and oxygen atoms in total. The average molecular weight is 263 g/mol. The molecule has 0 aliphatic rings. The molecule has 0 atom stereocenters.